The molecule has 0 spiro atoms. The molecule has 2 aliphatic heterocycles. The monoisotopic (exact) mass is 545 g/mol. The first-order valence-corrected chi connectivity index (χ1v) is 11.6. The van der Waals surface area contributed by atoms with Gasteiger partial charge >= 0.3 is 0 Å². The molecule has 5 nitrogen and oxygen atoms in total. The molecule has 2 heterocycles. The quantitative estimate of drug-likeness (QED) is 0.220. The number of rotatable bonds is 7. The summed E-state index contributed by atoms with van der Waals surface area (Å²) in [5, 5.41) is 6.99. The molecule has 2 aromatic carbocycles. The SMILES string of the molecule is CCNC(=NCc1cccc(N2CC=CC2)c1)NC(C)c1cccc(N2CCCC2)c1.I. The molecular weight excluding hydrogens is 509 g/mol. The molecule has 1 unspecified atom stereocenters. The maximum Gasteiger partial charge on any atom is 0.192 e. The highest BCUT2D eigenvalue weighted by molar-refractivity contribution is 14.0. The Kier molecular flexibility index (Phi) is 9.26. The summed E-state index contributed by atoms with van der Waals surface area (Å²) in [6.45, 7) is 10.1. The van der Waals surface area contributed by atoms with Crippen molar-refractivity contribution in [3.63, 3.8) is 0 Å². The summed E-state index contributed by atoms with van der Waals surface area (Å²) in [6, 6.07) is 17.8. The highest BCUT2D eigenvalue weighted by Gasteiger charge is 2.14. The van der Waals surface area contributed by atoms with Gasteiger partial charge in [0.2, 0.25) is 0 Å². The number of halogens is 1. The lowest BCUT2D eigenvalue weighted by Crippen LogP contribution is -2.38. The Bertz CT molecular complexity index is 912. The van der Waals surface area contributed by atoms with Crippen LogP contribution in [0.1, 0.15) is 43.9 Å². The van der Waals surface area contributed by atoms with E-state index in [4.69, 9.17) is 4.99 Å². The van der Waals surface area contributed by atoms with Gasteiger partial charge in [0.05, 0.1) is 12.6 Å². The zero-order valence-corrected chi connectivity index (χ0v) is 21.6. The zero-order chi connectivity index (χ0) is 21.5. The van der Waals surface area contributed by atoms with Crippen LogP contribution in [-0.2, 0) is 6.54 Å². The first kappa shape index (κ1) is 24.4. The van der Waals surface area contributed by atoms with Crippen LogP contribution in [-0.4, -0.2) is 38.7 Å². The molecule has 0 aromatic heterocycles. The van der Waals surface area contributed by atoms with Gasteiger partial charge in [-0.25, -0.2) is 4.99 Å². The highest BCUT2D eigenvalue weighted by Crippen LogP contribution is 2.24. The summed E-state index contributed by atoms with van der Waals surface area (Å²) in [5.74, 6) is 0.856. The van der Waals surface area contributed by atoms with Crippen LogP contribution in [0.3, 0.4) is 0 Å². The van der Waals surface area contributed by atoms with Gasteiger partial charge in [-0.2, -0.15) is 0 Å². The van der Waals surface area contributed by atoms with Crippen LogP contribution in [0.15, 0.2) is 65.7 Å². The van der Waals surface area contributed by atoms with Crippen molar-refractivity contribution in [2.75, 3.05) is 42.5 Å². The topological polar surface area (TPSA) is 42.9 Å². The summed E-state index contributed by atoms with van der Waals surface area (Å²) in [6.07, 6.45) is 7.03. The van der Waals surface area contributed by atoms with Gasteiger partial charge in [0.25, 0.3) is 0 Å². The Morgan fingerprint density at radius 2 is 1.66 bits per heavy atom. The van der Waals surface area contributed by atoms with Crippen molar-refractivity contribution in [2.45, 2.75) is 39.3 Å². The van der Waals surface area contributed by atoms with Crippen molar-refractivity contribution in [3.8, 4) is 0 Å². The fraction of sp³-hybridized carbons (Fsp3) is 0.423. The van der Waals surface area contributed by atoms with Gasteiger partial charge in [0, 0.05) is 44.1 Å². The number of nitrogens with zero attached hydrogens (tertiary/aromatic N) is 3. The highest BCUT2D eigenvalue weighted by atomic mass is 127. The maximum absolute atomic E-state index is 4.87. The summed E-state index contributed by atoms with van der Waals surface area (Å²) < 4.78 is 0. The first-order valence-electron chi connectivity index (χ1n) is 11.6. The van der Waals surface area contributed by atoms with Crippen molar-refractivity contribution in [3.05, 3.63) is 71.8 Å². The van der Waals surface area contributed by atoms with Gasteiger partial charge in [0.1, 0.15) is 0 Å². The van der Waals surface area contributed by atoms with Crippen LogP contribution in [0, 0.1) is 0 Å². The molecule has 2 aromatic rings. The lowest BCUT2D eigenvalue weighted by atomic mass is 10.1. The third-order valence-corrected chi connectivity index (χ3v) is 6.05. The zero-order valence-electron chi connectivity index (χ0n) is 19.3. The lowest BCUT2D eigenvalue weighted by molar-refractivity contribution is 0.686. The molecular formula is C26H36IN5. The third kappa shape index (κ3) is 6.40. The molecule has 0 bridgehead atoms. The van der Waals surface area contributed by atoms with Crippen molar-refractivity contribution in [2.24, 2.45) is 4.99 Å². The van der Waals surface area contributed by atoms with Crippen LogP contribution >= 0.6 is 24.0 Å². The number of guanidine groups is 1. The van der Waals surface area contributed by atoms with Crippen molar-refractivity contribution in [1.29, 1.82) is 0 Å². The van der Waals surface area contributed by atoms with Crippen molar-refractivity contribution in [1.82, 2.24) is 10.6 Å². The number of hydrogen-bond acceptors (Lipinski definition) is 3. The second kappa shape index (κ2) is 12.1. The summed E-state index contributed by atoms with van der Waals surface area (Å²) in [4.78, 5) is 9.72. The maximum atomic E-state index is 4.87. The molecule has 0 amide bonds. The van der Waals surface area contributed by atoms with Gasteiger partial charge in [-0.15, -0.1) is 24.0 Å². The minimum absolute atomic E-state index is 0. The molecule has 1 fully saturated rings. The molecule has 172 valence electrons. The largest absolute Gasteiger partial charge is 0.372 e. The van der Waals surface area contributed by atoms with E-state index in [-0.39, 0.29) is 30.0 Å². The van der Waals surface area contributed by atoms with E-state index >= 15 is 0 Å². The lowest BCUT2D eigenvalue weighted by Gasteiger charge is -2.22. The normalized spacial score (nSPS) is 16.8. The van der Waals surface area contributed by atoms with E-state index in [9.17, 15) is 0 Å². The minimum Gasteiger partial charge on any atom is -0.372 e. The Hall–Kier alpha value is -2.22. The van der Waals surface area contributed by atoms with Crippen LogP contribution in [0.5, 0.6) is 0 Å². The van der Waals surface area contributed by atoms with Crippen LogP contribution in [0.4, 0.5) is 11.4 Å². The van der Waals surface area contributed by atoms with Crippen LogP contribution in [0.25, 0.3) is 0 Å². The van der Waals surface area contributed by atoms with Crippen molar-refractivity contribution >= 4 is 41.3 Å². The molecule has 1 saturated heterocycles. The van der Waals surface area contributed by atoms with E-state index in [1.54, 1.807) is 0 Å². The van der Waals surface area contributed by atoms with Gasteiger partial charge in [-0.05, 0) is 62.1 Å². The molecule has 2 N–H and O–H groups in total. The van der Waals surface area contributed by atoms with E-state index in [1.807, 2.05) is 0 Å². The van der Waals surface area contributed by atoms with Gasteiger partial charge < -0.3 is 20.4 Å². The van der Waals surface area contributed by atoms with Crippen molar-refractivity contribution < 1.29 is 0 Å². The number of nitrogens with one attached hydrogen (secondary N) is 2. The molecule has 0 radical (unpaired) electrons. The first-order chi connectivity index (χ1) is 15.2. The Balaban J connectivity index is 0.00000289. The number of benzene rings is 2. The van der Waals surface area contributed by atoms with Gasteiger partial charge in [0.15, 0.2) is 5.96 Å². The van der Waals surface area contributed by atoms with E-state index in [1.165, 1.54) is 48.4 Å². The van der Waals surface area contributed by atoms with E-state index in [0.717, 1.165) is 25.6 Å². The average Bonchev–Trinajstić information content (AvgIpc) is 3.52. The molecule has 2 aliphatic rings. The number of hydrogen-bond donors (Lipinski definition) is 2. The Labute approximate surface area is 210 Å². The molecule has 0 saturated carbocycles. The molecule has 1 atom stereocenters. The predicted molar refractivity (Wildman–Crippen MR) is 147 cm³/mol. The van der Waals surface area contributed by atoms with Crippen LogP contribution < -0.4 is 20.4 Å². The fourth-order valence-electron chi connectivity index (χ4n) is 4.29. The molecule has 32 heavy (non-hydrogen) atoms. The molecule has 4 rings (SSSR count). The third-order valence-electron chi connectivity index (χ3n) is 6.05. The van der Waals surface area contributed by atoms with Gasteiger partial charge in [-0.3, -0.25) is 0 Å². The smallest absolute Gasteiger partial charge is 0.192 e. The predicted octanol–water partition coefficient (Wildman–Crippen LogP) is 5.10. The second-order valence-corrected chi connectivity index (χ2v) is 8.40. The molecule has 6 heteroatoms. The minimum atomic E-state index is 0. The summed E-state index contributed by atoms with van der Waals surface area (Å²) >= 11 is 0. The fourth-order valence-corrected chi connectivity index (χ4v) is 4.29. The van der Waals surface area contributed by atoms with Gasteiger partial charge in [-0.1, -0.05) is 36.4 Å². The van der Waals surface area contributed by atoms with E-state index in [0.29, 0.717) is 6.54 Å². The van der Waals surface area contributed by atoms with E-state index < -0.39 is 0 Å². The summed E-state index contributed by atoms with van der Waals surface area (Å²) in [5.41, 5.74) is 5.12. The number of anilines is 2. The average molecular weight is 546 g/mol. The second-order valence-electron chi connectivity index (χ2n) is 8.40. The van der Waals surface area contributed by atoms with E-state index in [2.05, 4.69) is 95.0 Å². The molecule has 0 aliphatic carbocycles. The van der Waals surface area contributed by atoms with Crippen LogP contribution in [0.2, 0.25) is 0 Å². The summed E-state index contributed by atoms with van der Waals surface area (Å²) in [7, 11) is 0. The standard InChI is InChI=1S/C26H35N5.HI/c1-3-27-26(28-20-22-10-8-12-24(18-22)30-14-4-5-15-30)29-21(2)23-11-9-13-25(19-23)31-16-6-7-17-31;/h4-5,8-13,18-19,21H,3,6-7,14-17,20H2,1-2H3,(H2,27,28,29);1H. The Morgan fingerprint density at radius 1 is 0.969 bits per heavy atom. The Morgan fingerprint density at radius 3 is 2.38 bits per heavy atom. The number of aliphatic imine (C=N–C) groups is 1.